The molecule has 4 nitrogen and oxygen atoms in total. The maximum Gasteiger partial charge on any atom is 0.331 e. The van der Waals surface area contributed by atoms with Crippen LogP contribution in [0.5, 0.6) is 0 Å². The van der Waals surface area contributed by atoms with E-state index >= 15 is 0 Å². The molecule has 4 heteroatoms. The van der Waals surface area contributed by atoms with Gasteiger partial charge in [0.15, 0.2) is 0 Å². The summed E-state index contributed by atoms with van der Waals surface area (Å²) in [6.07, 6.45) is 6.65. The second kappa shape index (κ2) is 5.68. The molecule has 17 heavy (non-hydrogen) atoms. The first kappa shape index (κ1) is 11.9. The number of hydrogen-bond donors (Lipinski definition) is 0. The molecule has 1 unspecified atom stereocenters. The number of hydrogen-bond acceptors (Lipinski definition) is 4. The molecule has 1 aliphatic heterocycles. The number of nitrogens with zero attached hydrogens (tertiary/aromatic N) is 1. The largest absolute Gasteiger partial charge is 0.465 e. The smallest absolute Gasteiger partial charge is 0.331 e. The number of likely N-dealkylation sites (tertiary alicyclic amines) is 1. The number of ether oxygens (including phenoxy) is 1. The van der Waals surface area contributed by atoms with Crippen molar-refractivity contribution in [2.75, 3.05) is 20.1 Å². The fourth-order valence-corrected chi connectivity index (χ4v) is 1.96. The summed E-state index contributed by atoms with van der Waals surface area (Å²) in [5, 5.41) is 0. The molecule has 1 saturated heterocycles. The third kappa shape index (κ3) is 3.75. The highest BCUT2D eigenvalue weighted by Gasteiger charge is 2.19. The van der Waals surface area contributed by atoms with Crippen molar-refractivity contribution in [3.63, 3.8) is 0 Å². The van der Waals surface area contributed by atoms with Crippen molar-refractivity contribution in [3.05, 3.63) is 30.2 Å². The minimum atomic E-state index is -0.304. The van der Waals surface area contributed by atoms with Crippen LogP contribution in [0.3, 0.4) is 0 Å². The van der Waals surface area contributed by atoms with Crippen LogP contribution in [0.25, 0.3) is 6.08 Å². The standard InChI is InChI=1S/C13H17NO3/c1-14-8-2-4-12(10-14)17-13(15)7-6-11-5-3-9-16-11/h3,5-7,9,12H,2,4,8,10H2,1H3. The quantitative estimate of drug-likeness (QED) is 0.593. The second-order valence-corrected chi connectivity index (χ2v) is 4.31. The van der Waals surface area contributed by atoms with Gasteiger partial charge in [0.05, 0.1) is 6.26 Å². The summed E-state index contributed by atoms with van der Waals surface area (Å²) in [6.45, 7) is 1.90. The molecule has 1 aliphatic rings. The summed E-state index contributed by atoms with van der Waals surface area (Å²) in [6, 6.07) is 3.57. The molecule has 0 aromatic carbocycles. The monoisotopic (exact) mass is 235 g/mol. The van der Waals surface area contributed by atoms with E-state index in [1.54, 1.807) is 24.5 Å². The van der Waals surface area contributed by atoms with Gasteiger partial charge in [0.25, 0.3) is 0 Å². The summed E-state index contributed by atoms with van der Waals surface area (Å²) >= 11 is 0. The van der Waals surface area contributed by atoms with Crippen LogP contribution in [-0.4, -0.2) is 37.1 Å². The zero-order chi connectivity index (χ0) is 12.1. The number of carbonyl (C=O) groups is 1. The number of rotatable bonds is 3. The Bertz CT molecular complexity index is 383. The second-order valence-electron chi connectivity index (χ2n) is 4.31. The van der Waals surface area contributed by atoms with E-state index in [4.69, 9.17) is 9.15 Å². The number of likely N-dealkylation sites (N-methyl/N-ethyl adjacent to an activating group) is 1. The van der Waals surface area contributed by atoms with Crippen molar-refractivity contribution >= 4 is 12.0 Å². The molecule has 2 rings (SSSR count). The summed E-state index contributed by atoms with van der Waals surface area (Å²) in [7, 11) is 2.04. The molecule has 0 N–H and O–H groups in total. The van der Waals surface area contributed by atoms with E-state index in [1.807, 2.05) is 7.05 Å². The third-order valence-electron chi connectivity index (χ3n) is 2.79. The molecule has 1 fully saturated rings. The topological polar surface area (TPSA) is 42.7 Å². The van der Waals surface area contributed by atoms with Crippen LogP contribution in [0.15, 0.2) is 28.9 Å². The number of furan rings is 1. The Morgan fingerprint density at radius 2 is 2.53 bits per heavy atom. The van der Waals surface area contributed by atoms with E-state index in [-0.39, 0.29) is 12.1 Å². The molecule has 1 atom stereocenters. The molecule has 0 aliphatic carbocycles. The van der Waals surface area contributed by atoms with E-state index in [9.17, 15) is 4.79 Å². The average Bonchev–Trinajstić information content (AvgIpc) is 2.79. The maximum atomic E-state index is 11.5. The molecular formula is C13H17NO3. The lowest BCUT2D eigenvalue weighted by Gasteiger charge is -2.28. The average molecular weight is 235 g/mol. The van der Waals surface area contributed by atoms with E-state index < -0.39 is 0 Å². The lowest BCUT2D eigenvalue weighted by Crippen LogP contribution is -2.37. The van der Waals surface area contributed by atoms with Gasteiger partial charge in [0, 0.05) is 12.6 Å². The lowest BCUT2D eigenvalue weighted by atomic mass is 10.1. The summed E-state index contributed by atoms with van der Waals surface area (Å²) in [5.74, 6) is 0.351. The highest BCUT2D eigenvalue weighted by molar-refractivity contribution is 5.86. The first-order valence-electron chi connectivity index (χ1n) is 5.85. The van der Waals surface area contributed by atoms with Crippen molar-refractivity contribution in [1.82, 2.24) is 4.90 Å². The van der Waals surface area contributed by atoms with E-state index in [0.717, 1.165) is 25.9 Å². The summed E-state index contributed by atoms with van der Waals surface area (Å²) in [5.41, 5.74) is 0. The molecule has 0 amide bonds. The Morgan fingerprint density at radius 1 is 1.65 bits per heavy atom. The fraction of sp³-hybridized carbons (Fsp3) is 0.462. The highest BCUT2D eigenvalue weighted by Crippen LogP contribution is 2.12. The molecule has 92 valence electrons. The van der Waals surface area contributed by atoms with Crippen LogP contribution >= 0.6 is 0 Å². The number of esters is 1. The van der Waals surface area contributed by atoms with Gasteiger partial charge >= 0.3 is 5.97 Å². The number of carbonyl (C=O) groups excluding carboxylic acids is 1. The van der Waals surface area contributed by atoms with Crippen LogP contribution < -0.4 is 0 Å². The molecule has 2 heterocycles. The van der Waals surface area contributed by atoms with E-state index in [0.29, 0.717) is 5.76 Å². The Hall–Kier alpha value is -1.55. The summed E-state index contributed by atoms with van der Waals surface area (Å²) < 4.78 is 10.4. The lowest BCUT2D eigenvalue weighted by molar-refractivity contribution is -0.145. The normalized spacial score (nSPS) is 21.8. The summed E-state index contributed by atoms with van der Waals surface area (Å²) in [4.78, 5) is 13.7. The molecule has 0 spiro atoms. The van der Waals surface area contributed by atoms with Crippen molar-refractivity contribution < 1.29 is 13.9 Å². The molecule has 1 aromatic rings. The van der Waals surface area contributed by atoms with Crippen LogP contribution in [0.1, 0.15) is 18.6 Å². The van der Waals surface area contributed by atoms with Gasteiger partial charge in [-0.15, -0.1) is 0 Å². The van der Waals surface area contributed by atoms with E-state index in [2.05, 4.69) is 4.90 Å². The van der Waals surface area contributed by atoms with Crippen LogP contribution in [0.2, 0.25) is 0 Å². The maximum absolute atomic E-state index is 11.5. The van der Waals surface area contributed by atoms with Gasteiger partial charge < -0.3 is 14.1 Å². The molecular weight excluding hydrogens is 218 g/mol. The molecule has 0 bridgehead atoms. The fourth-order valence-electron chi connectivity index (χ4n) is 1.96. The van der Waals surface area contributed by atoms with Gasteiger partial charge in [-0.05, 0) is 44.6 Å². The van der Waals surface area contributed by atoms with Crippen LogP contribution in [-0.2, 0) is 9.53 Å². The Morgan fingerprint density at radius 3 is 3.24 bits per heavy atom. The van der Waals surface area contributed by atoms with Gasteiger partial charge in [-0.3, -0.25) is 0 Å². The van der Waals surface area contributed by atoms with Gasteiger partial charge in [-0.25, -0.2) is 4.79 Å². The first-order chi connectivity index (χ1) is 8.24. The van der Waals surface area contributed by atoms with Crippen LogP contribution in [0, 0.1) is 0 Å². The minimum absolute atomic E-state index is 0.0162. The Kier molecular flexibility index (Phi) is 3.98. The minimum Gasteiger partial charge on any atom is -0.465 e. The SMILES string of the molecule is CN1CCCC(OC(=O)C=Cc2ccco2)C1. The molecule has 0 saturated carbocycles. The first-order valence-corrected chi connectivity index (χ1v) is 5.85. The third-order valence-corrected chi connectivity index (χ3v) is 2.79. The van der Waals surface area contributed by atoms with Crippen LogP contribution in [0.4, 0.5) is 0 Å². The van der Waals surface area contributed by atoms with Gasteiger partial charge in [-0.1, -0.05) is 0 Å². The number of piperidine rings is 1. The Labute approximate surface area is 101 Å². The molecule has 0 radical (unpaired) electrons. The van der Waals surface area contributed by atoms with Gasteiger partial charge in [-0.2, -0.15) is 0 Å². The van der Waals surface area contributed by atoms with Crippen molar-refractivity contribution in [3.8, 4) is 0 Å². The predicted octanol–water partition coefficient (Wildman–Crippen LogP) is 1.93. The van der Waals surface area contributed by atoms with Crippen molar-refractivity contribution in [1.29, 1.82) is 0 Å². The van der Waals surface area contributed by atoms with E-state index in [1.165, 1.54) is 6.08 Å². The predicted molar refractivity (Wildman–Crippen MR) is 64.4 cm³/mol. The van der Waals surface area contributed by atoms with Crippen molar-refractivity contribution in [2.45, 2.75) is 18.9 Å². The van der Waals surface area contributed by atoms with Gasteiger partial charge in [0.1, 0.15) is 11.9 Å². The molecule has 1 aromatic heterocycles. The van der Waals surface area contributed by atoms with Gasteiger partial charge in [0.2, 0.25) is 0 Å². The Balaban J connectivity index is 1.80. The van der Waals surface area contributed by atoms with Crippen molar-refractivity contribution in [2.24, 2.45) is 0 Å². The zero-order valence-corrected chi connectivity index (χ0v) is 9.96. The highest BCUT2D eigenvalue weighted by atomic mass is 16.5. The zero-order valence-electron chi connectivity index (χ0n) is 9.96.